The number of hydrogen-bond acceptors (Lipinski definition) is 6. The molecule has 2 unspecified atom stereocenters. The van der Waals surface area contributed by atoms with Crippen LogP contribution in [0.1, 0.15) is 200 Å². The highest BCUT2D eigenvalue weighted by Crippen LogP contribution is 2.30. The zero-order valence-electron chi connectivity index (χ0n) is 32.6. The summed E-state index contributed by atoms with van der Waals surface area (Å²) in [6.45, 7) is 4.22. The number of epoxide rings is 1. The molecule has 1 aliphatic rings. The van der Waals surface area contributed by atoms with Crippen molar-refractivity contribution in [3.8, 4) is 0 Å². The summed E-state index contributed by atoms with van der Waals surface area (Å²) >= 11 is 0. The zero-order valence-corrected chi connectivity index (χ0v) is 32.6. The van der Waals surface area contributed by atoms with Crippen molar-refractivity contribution in [3.05, 3.63) is 36.5 Å². The summed E-state index contributed by atoms with van der Waals surface area (Å²) in [7, 11) is 0. The van der Waals surface area contributed by atoms with Gasteiger partial charge in [0.25, 0.3) is 0 Å². The molecule has 3 atom stereocenters. The Kier molecular flexibility index (Phi) is 32.7. The summed E-state index contributed by atoms with van der Waals surface area (Å²) in [4.78, 5) is 24.1. The van der Waals surface area contributed by atoms with E-state index < -0.39 is 6.10 Å². The minimum Gasteiger partial charge on any atom is -0.463 e. The SMILES string of the molecule is CCCCC/C=C\C/C=C\C/C=C\CC1OC1CCCC(=O)OC[C@H](O)COC(=O)CCCCCCCCCCCCCCCCCCCC. The van der Waals surface area contributed by atoms with Crippen molar-refractivity contribution < 1.29 is 28.9 Å². The Bertz CT molecular complexity index is 865. The smallest absolute Gasteiger partial charge is 0.305 e. The molecule has 0 spiro atoms. The molecule has 1 aliphatic heterocycles. The average Bonchev–Trinajstić information content (AvgIpc) is 3.87. The molecule has 0 radical (unpaired) electrons. The second kappa shape index (κ2) is 35.5. The fourth-order valence-electron chi connectivity index (χ4n) is 6.23. The van der Waals surface area contributed by atoms with Crippen molar-refractivity contribution in [3.63, 3.8) is 0 Å². The topological polar surface area (TPSA) is 85.4 Å². The third kappa shape index (κ3) is 32.0. The van der Waals surface area contributed by atoms with E-state index >= 15 is 0 Å². The van der Waals surface area contributed by atoms with Crippen LogP contribution in [0.2, 0.25) is 0 Å². The molecule has 0 bridgehead atoms. The predicted molar refractivity (Wildman–Crippen MR) is 209 cm³/mol. The van der Waals surface area contributed by atoms with E-state index in [-0.39, 0.29) is 37.4 Å². The molecule has 0 saturated carbocycles. The molecule has 0 aromatic rings. The normalized spacial score (nSPS) is 16.5. The Morgan fingerprint density at radius 1 is 0.540 bits per heavy atom. The largest absolute Gasteiger partial charge is 0.463 e. The number of ether oxygens (including phenoxy) is 3. The fraction of sp³-hybridized carbons (Fsp3) is 0.818. The number of rotatable bonds is 37. The predicted octanol–water partition coefficient (Wildman–Crippen LogP) is 12.2. The molecule has 1 saturated heterocycles. The molecule has 0 amide bonds. The standard InChI is InChI=1S/C44H78O6/c1-3-5-7-9-11-13-15-17-18-19-20-21-22-24-26-28-30-32-36-43(46)48-38-40(45)39-49-44(47)37-33-35-42-41(50-42)34-31-29-27-25-23-16-14-12-10-8-6-4-2/h12,14,23,25,29,31,40-42,45H,3-11,13,15-22,24,26-28,30,32-39H2,1-2H3/b14-12-,25-23-,31-29-/t40-,41?,42?/m1/s1. The van der Waals surface area contributed by atoms with Crippen LogP contribution in [-0.4, -0.2) is 48.6 Å². The van der Waals surface area contributed by atoms with Crippen molar-refractivity contribution in [2.45, 2.75) is 218 Å². The van der Waals surface area contributed by atoms with Crippen LogP contribution in [0.25, 0.3) is 0 Å². The van der Waals surface area contributed by atoms with E-state index in [1.807, 2.05) is 0 Å². The van der Waals surface area contributed by atoms with Crippen LogP contribution in [0.3, 0.4) is 0 Å². The summed E-state index contributed by atoms with van der Waals surface area (Å²) in [5.74, 6) is -0.632. The zero-order chi connectivity index (χ0) is 36.2. The van der Waals surface area contributed by atoms with E-state index in [1.54, 1.807) is 0 Å². The quantitative estimate of drug-likeness (QED) is 0.0300. The number of esters is 2. The molecule has 0 aromatic carbocycles. The third-order valence-corrected chi connectivity index (χ3v) is 9.55. The molecule has 0 aliphatic carbocycles. The molecule has 290 valence electrons. The Morgan fingerprint density at radius 2 is 0.960 bits per heavy atom. The van der Waals surface area contributed by atoms with Gasteiger partial charge in [0, 0.05) is 12.8 Å². The number of carbonyl (C=O) groups is 2. The van der Waals surface area contributed by atoms with Gasteiger partial charge in [0.1, 0.15) is 19.3 Å². The summed E-state index contributed by atoms with van der Waals surface area (Å²) in [5, 5.41) is 10.1. The maximum atomic E-state index is 12.1. The summed E-state index contributed by atoms with van der Waals surface area (Å²) in [6.07, 6.45) is 46.5. The van der Waals surface area contributed by atoms with Gasteiger partial charge in [-0.15, -0.1) is 0 Å². The lowest BCUT2D eigenvalue weighted by molar-refractivity contribution is -0.152. The lowest BCUT2D eigenvalue weighted by Gasteiger charge is -2.12. The first-order valence-corrected chi connectivity index (χ1v) is 21.2. The Morgan fingerprint density at radius 3 is 1.48 bits per heavy atom. The van der Waals surface area contributed by atoms with Crippen molar-refractivity contribution in [2.75, 3.05) is 13.2 Å². The number of hydrogen-bond donors (Lipinski definition) is 1. The number of aliphatic hydroxyl groups is 1. The van der Waals surface area contributed by atoms with Gasteiger partial charge >= 0.3 is 11.9 Å². The minimum absolute atomic E-state index is 0.137. The number of allylic oxidation sites excluding steroid dienone is 5. The van der Waals surface area contributed by atoms with Crippen LogP contribution in [0.15, 0.2) is 36.5 Å². The van der Waals surface area contributed by atoms with Crippen LogP contribution in [0.5, 0.6) is 0 Å². The van der Waals surface area contributed by atoms with E-state index in [0.717, 1.165) is 44.9 Å². The van der Waals surface area contributed by atoms with Gasteiger partial charge in [0.05, 0.1) is 12.2 Å². The Hall–Kier alpha value is -1.92. The van der Waals surface area contributed by atoms with E-state index in [2.05, 4.69) is 50.3 Å². The minimum atomic E-state index is -0.993. The third-order valence-electron chi connectivity index (χ3n) is 9.55. The van der Waals surface area contributed by atoms with Gasteiger partial charge in [-0.3, -0.25) is 9.59 Å². The van der Waals surface area contributed by atoms with Crippen LogP contribution >= 0.6 is 0 Å². The molecular weight excluding hydrogens is 624 g/mol. The van der Waals surface area contributed by atoms with Crippen LogP contribution in [0, 0.1) is 0 Å². The molecule has 6 nitrogen and oxygen atoms in total. The molecule has 1 fully saturated rings. The van der Waals surface area contributed by atoms with E-state index in [9.17, 15) is 14.7 Å². The van der Waals surface area contributed by atoms with Crippen molar-refractivity contribution in [2.24, 2.45) is 0 Å². The van der Waals surface area contributed by atoms with Crippen molar-refractivity contribution in [1.29, 1.82) is 0 Å². The van der Waals surface area contributed by atoms with Gasteiger partial charge in [0.2, 0.25) is 0 Å². The van der Waals surface area contributed by atoms with Gasteiger partial charge in [-0.05, 0) is 51.4 Å². The highest BCUT2D eigenvalue weighted by molar-refractivity contribution is 5.69. The lowest BCUT2D eigenvalue weighted by atomic mass is 10.0. The maximum absolute atomic E-state index is 12.1. The second-order valence-electron chi connectivity index (χ2n) is 14.5. The first-order valence-electron chi connectivity index (χ1n) is 21.2. The van der Waals surface area contributed by atoms with Crippen molar-refractivity contribution in [1.82, 2.24) is 0 Å². The average molecular weight is 703 g/mol. The molecule has 6 heteroatoms. The second-order valence-corrected chi connectivity index (χ2v) is 14.5. The van der Waals surface area contributed by atoms with E-state index in [4.69, 9.17) is 14.2 Å². The van der Waals surface area contributed by atoms with Gasteiger partial charge < -0.3 is 19.3 Å². The number of carbonyl (C=O) groups excluding carboxylic acids is 2. The molecule has 0 aromatic heterocycles. The lowest BCUT2D eigenvalue weighted by Crippen LogP contribution is -2.25. The first kappa shape index (κ1) is 46.1. The summed E-state index contributed by atoms with van der Waals surface area (Å²) in [6, 6.07) is 0. The summed E-state index contributed by atoms with van der Waals surface area (Å²) in [5.41, 5.74) is 0. The maximum Gasteiger partial charge on any atom is 0.305 e. The summed E-state index contributed by atoms with van der Waals surface area (Å²) < 4.78 is 16.1. The number of aliphatic hydroxyl groups excluding tert-OH is 1. The molecule has 50 heavy (non-hydrogen) atoms. The first-order chi connectivity index (χ1) is 24.6. The monoisotopic (exact) mass is 703 g/mol. The molecular formula is C44H78O6. The molecule has 1 rings (SSSR count). The van der Waals surface area contributed by atoms with E-state index in [0.29, 0.717) is 19.3 Å². The van der Waals surface area contributed by atoms with Crippen molar-refractivity contribution >= 4 is 11.9 Å². The Labute approximate surface area is 308 Å². The number of unbranched alkanes of at least 4 members (excludes halogenated alkanes) is 20. The van der Waals surface area contributed by atoms with Gasteiger partial charge in [-0.1, -0.05) is 172 Å². The highest BCUT2D eigenvalue weighted by Gasteiger charge is 2.36. The van der Waals surface area contributed by atoms with Crippen LogP contribution < -0.4 is 0 Å². The molecule has 1 heterocycles. The van der Waals surface area contributed by atoms with Gasteiger partial charge in [0.15, 0.2) is 0 Å². The molecule has 1 N–H and O–H groups in total. The highest BCUT2D eigenvalue weighted by atomic mass is 16.6. The van der Waals surface area contributed by atoms with Gasteiger partial charge in [-0.25, -0.2) is 0 Å². The van der Waals surface area contributed by atoms with Crippen LogP contribution in [0.4, 0.5) is 0 Å². The van der Waals surface area contributed by atoms with E-state index in [1.165, 1.54) is 122 Å². The van der Waals surface area contributed by atoms with Crippen LogP contribution in [-0.2, 0) is 23.8 Å². The fourth-order valence-corrected chi connectivity index (χ4v) is 6.23. The van der Waals surface area contributed by atoms with Gasteiger partial charge in [-0.2, -0.15) is 0 Å². The Balaban J connectivity index is 1.85.